The van der Waals surface area contributed by atoms with Crippen LogP contribution in [0.2, 0.25) is 0 Å². The first-order chi connectivity index (χ1) is 15.8. The summed E-state index contributed by atoms with van der Waals surface area (Å²) >= 11 is 5.28. The molecule has 1 saturated carbocycles. The lowest BCUT2D eigenvalue weighted by Crippen LogP contribution is -2.26. The van der Waals surface area contributed by atoms with Crippen molar-refractivity contribution in [3.8, 4) is 6.07 Å². The second-order valence-electron chi connectivity index (χ2n) is 9.25. The fourth-order valence-corrected chi connectivity index (χ4v) is 9.52. The van der Waals surface area contributed by atoms with Crippen LogP contribution in [-0.4, -0.2) is 45.4 Å². The normalized spacial score (nSPS) is 27.6. The predicted octanol–water partition coefficient (Wildman–Crippen LogP) is 5.64. The highest BCUT2D eigenvalue weighted by atomic mass is 32.2. The number of para-hydroxylation sites is 1. The summed E-state index contributed by atoms with van der Waals surface area (Å²) in [5.41, 5.74) is 1.62. The van der Waals surface area contributed by atoms with Gasteiger partial charge in [0.25, 0.3) is 0 Å². The van der Waals surface area contributed by atoms with E-state index >= 15 is 0 Å². The SMILES string of the molecule is CN(CC[N+](=O)[O-])C1=CC2C(S1)C1SC(/C=C(\C#N)c3nc4ccccc4s3)=CC1C2(C)C. The zero-order valence-corrected chi connectivity index (χ0v) is 21.0. The first-order valence-electron chi connectivity index (χ1n) is 10.9. The Morgan fingerprint density at radius 2 is 2.00 bits per heavy atom. The monoisotopic (exact) mass is 496 g/mol. The third-order valence-corrected chi connectivity index (χ3v) is 11.0. The van der Waals surface area contributed by atoms with E-state index in [0.717, 1.165) is 25.2 Å². The van der Waals surface area contributed by atoms with Crippen LogP contribution in [0.3, 0.4) is 0 Å². The van der Waals surface area contributed by atoms with Gasteiger partial charge >= 0.3 is 0 Å². The Hall–Kier alpha value is -2.28. The van der Waals surface area contributed by atoms with Crippen molar-refractivity contribution in [2.45, 2.75) is 24.3 Å². The number of nitro groups is 1. The quantitative estimate of drug-likeness (QED) is 0.291. The zero-order valence-electron chi connectivity index (χ0n) is 18.6. The molecule has 1 aromatic heterocycles. The van der Waals surface area contributed by atoms with Gasteiger partial charge in [0.1, 0.15) is 11.1 Å². The summed E-state index contributed by atoms with van der Waals surface area (Å²) in [6.07, 6.45) is 6.69. The van der Waals surface area contributed by atoms with Crippen molar-refractivity contribution in [1.29, 1.82) is 5.26 Å². The van der Waals surface area contributed by atoms with Gasteiger partial charge in [0, 0.05) is 27.4 Å². The van der Waals surface area contributed by atoms with Crippen molar-refractivity contribution < 1.29 is 4.92 Å². The van der Waals surface area contributed by atoms with Crippen molar-refractivity contribution in [1.82, 2.24) is 9.88 Å². The average Bonchev–Trinajstić information content (AvgIpc) is 3.53. The van der Waals surface area contributed by atoms with Crippen molar-refractivity contribution in [3.05, 3.63) is 67.5 Å². The molecule has 2 aromatic rings. The maximum absolute atomic E-state index is 10.8. The zero-order chi connectivity index (χ0) is 23.3. The molecular weight excluding hydrogens is 472 g/mol. The summed E-state index contributed by atoms with van der Waals surface area (Å²) < 4.78 is 1.09. The van der Waals surface area contributed by atoms with Gasteiger partial charge in [-0.2, -0.15) is 5.26 Å². The Morgan fingerprint density at radius 3 is 2.73 bits per heavy atom. The van der Waals surface area contributed by atoms with Crippen LogP contribution < -0.4 is 0 Å². The smallest absolute Gasteiger partial charge is 0.221 e. The van der Waals surface area contributed by atoms with Crippen LogP contribution in [0.5, 0.6) is 0 Å². The Balaban J connectivity index is 1.36. The molecule has 0 N–H and O–H groups in total. The Morgan fingerprint density at radius 1 is 1.27 bits per heavy atom. The number of nitrogens with zero attached hydrogens (tertiary/aromatic N) is 4. The molecule has 0 amide bonds. The number of thioether (sulfide) groups is 2. The topological polar surface area (TPSA) is 83.1 Å². The lowest BCUT2D eigenvalue weighted by molar-refractivity contribution is -0.479. The van der Waals surface area contributed by atoms with Crippen LogP contribution in [0.15, 0.2) is 52.4 Å². The van der Waals surface area contributed by atoms with Crippen molar-refractivity contribution in [2.75, 3.05) is 20.1 Å². The van der Waals surface area contributed by atoms with Crippen LogP contribution in [-0.2, 0) is 0 Å². The number of nitriles is 1. The summed E-state index contributed by atoms with van der Waals surface area (Å²) in [5.74, 6) is 0.855. The molecule has 1 aliphatic carbocycles. The third-order valence-electron chi connectivity index (χ3n) is 6.87. The minimum absolute atomic E-state index is 0.0485. The number of rotatable bonds is 6. The minimum atomic E-state index is -0.259. The van der Waals surface area contributed by atoms with Gasteiger partial charge in [-0.25, -0.2) is 4.98 Å². The first-order valence-corrected chi connectivity index (χ1v) is 13.4. The molecule has 9 heteroatoms. The molecule has 1 fully saturated rings. The molecule has 4 atom stereocenters. The minimum Gasteiger partial charge on any atom is -0.363 e. The van der Waals surface area contributed by atoms with Gasteiger partial charge < -0.3 is 4.90 Å². The van der Waals surface area contributed by atoms with E-state index in [9.17, 15) is 15.4 Å². The fraction of sp³-hybridized carbons (Fsp3) is 0.417. The molecule has 3 heterocycles. The van der Waals surface area contributed by atoms with Crippen LogP contribution in [0.25, 0.3) is 15.8 Å². The van der Waals surface area contributed by atoms with Gasteiger partial charge in [-0.15, -0.1) is 34.9 Å². The molecule has 0 bridgehead atoms. The highest BCUT2D eigenvalue weighted by Crippen LogP contribution is 2.65. The number of thiazole rings is 1. The van der Waals surface area contributed by atoms with E-state index in [1.807, 2.05) is 65.8 Å². The molecule has 4 unspecified atom stereocenters. The average molecular weight is 497 g/mol. The Bertz CT molecular complexity index is 1220. The molecule has 0 saturated heterocycles. The molecule has 0 radical (unpaired) electrons. The number of hydrogen-bond acceptors (Lipinski definition) is 8. The van der Waals surface area contributed by atoms with Gasteiger partial charge in [0.2, 0.25) is 6.54 Å². The lowest BCUT2D eigenvalue weighted by atomic mass is 9.75. The van der Waals surface area contributed by atoms with Crippen molar-refractivity contribution >= 4 is 50.7 Å². The molecule has 33 heavy (non-hydrogen) atoms. The highest BCUT2D eigenvalue weighted by Gasteiger charge is 2.58. The summed E-state index contributed by atoms with van der Waals surface area (Å²) in [5, 5.41) is 23.4. The summed E-state index contributed by atoms with van der Waals surface area (Å²) in [6.45, 7) is 5.03. The van der Waals surface area contributed by atoms with E-state index in [-0.39, 0.29) is 16.9 Å². The van der Waals surface area contributed by atoms with Crippen LogP contribution in [0, 0.1) is 38.7 Å². The van der Waals surface area contributed by atoms with E-state index in [1.165, 1.54) is 0 Å². The number of fused-ring (bicyclic) bond motifs is 4. The molecule has 5 rings (SSSR count). The molecule has 2 aliphatic heterocycles. The van der Waals surface area contributed by atoms with E-state index in [1.54, 1.807) is 11.3 Å². The first kappa shape index (κ1) is 22.5. The molecule has 6 nitrogen and oxygen atoms in total. The predicted molar refractivity (Wildman–Crippen MR) is 137 cm³/mol. The van der Waals surface area contributed by atoms with Gasteiger partial charge in [0.05, 0.1) is 27.4 Å². The number of allylic oxidation sites excluding steroid dienone is 4. The van der Waals surface area contributed by atoms with Crippen molar-refractivity contribution in [3.63, 3.8) is 0 Å². The van der Waals surface area contributed by atoms with Gasteiger partial charge in [-0.05, 0) is 41.5 Å². The molecule has 0 spiro atoms. The standard InChI is InChI=1S/C24H24N4O2S3/c1-24(2)16-11-15(10-14(13-25)23-26-18-6-4-5-7-19(18)32-23)31-21(16)22-17(24)12-20(33-22)27(3)8-9-28(29)30/h4-7,10-12,16-17,21-22H,8-9H2,1-3H3/b14-10+. The van der Waals surface area contributed by atoms with Gasteiger partial charge in [-0.1, -0.05) is 32.1 Å². The second kappa shape index (κ2) is 8.49. The highest BCUT2D eigenvalue weighted by molar-refractivity contribution is 8.07. The van der Waals surface area contributed by atoms with Crippen LogP contribution >= 0.6 is 34.9 Å². The lowest BCUT2D eigenvalue weighted by Gasteiger charge is -2.29. The Labute approximate surface area is 205 Å². The molecule has 1 aromatic carbocycles. The molecule has 3 aliphatic rings. The number of hydrogen-bond donors (Lipinski definition) is 0. The van der Waals surface area contributed by atoms with Crippen LogP contribution in [0.4, 0.5) is 0 Å². The van der Waals surface area contributed by atoms with E-state index in [2.05, 4.69) is 37.1 Å². The van der Waals surface area contributed by atoms with Gasteiger partial charge in [0.15, 0.2) is 0 Å². The Kier molecular flexibility index (Phi) is 5.79. The molecule has 170 valence electrons. The molecular formula is C24H24N4O2S3. The second-order valence-corrected chi connectivity index (χ2v) is 12.7. The maximum atomic E-state index is 10.8. The van der Waals surface area contributed by atoms with E-state index < -0.39 is 0 Å². The largest absolute Gasteiger partial charge is 0.363 e. The summed E-state index contributed by atoms with van der Waals surface area (Å²) in [7, 11) is 1.94. The van der Waals surface area contributed by atoms with Crippen molar-refractivity contribution in [2.24, 2.45) is 17.3 Å². The summed E-state index contributed by atoms with van der Waals surface area (Å²) in [4.78, 5) is 18.3. The maximum Gasteiger partial charge on any atom is 0.221 e. The van der Waals surface area contributed by atoms with E-state index in [0.29, 0.717) is 34.5 Å². The van der Waals surface area contributed by atoms with Gasteiger partial charge in [-0.3, -0.25) is 10.1 Å². The summed E-state index contributed by atoms with van der Waals surface area (Å²) in [6, 6.07) is 10.3. The number of likely N-dealkylation sites (N-methyl/N-ethyl adjacent to an activating group) is 1. The fourth-order valence-electron chi connectivity index (χ4n) is 5.00. The number of benzene rings is 1. The van der Waals surface area contributed by atoms with Crippen LogP contribution in [0.1, 0.15) is 18.9 Å². The van der Waals surface area contributed by atoms with E-state index in [4.69, 9.17) is 0 Å². The third kappa shape index (κ3) is 3.98. The number of aromatic nitrogens is 1.